The van der Waals surface area contributed by atoms with Crippen LogP contribution in [0.5, 0.6) is 0 Å². The number of carbonyl (C=O) groups excluding carboxylic acids is 1. The fourth-order valence-electron chi connectivity index (χ4n) is 1.23. The second-order valence-corrected chi connectivity index (χ2v) is 5.21. The maximum Gasteiger partial charge on any atom is 0.287 e. The topological polar surface area (TPSA) is 57.2 Å². The van der Waals surface area contributed by atoms with E-state index in [9.17, 15) is 4.79 Å². The van der Waals surface area contributed by atoms with Gasteiger partial charge in [0.15, 0.2) is 0 Å². The van der Waals surface area contributed by atoms with Gasteiger partial charge in [-0.2, -0.15) is 5.10 Å². The summed E-state index contributed by atoms with van der Waals surface area (Å²) >= 11 is 4.85. The van der Waals surface area contributed by atoms with E-state index in [1.54, 1.807) is 23.6 Å². The summed E-state index contributed by atoms with van der Waals surface area (Å²) in [6, 6.07) is 5.61. The number of nitrogens with one attached hydrogen (secondary N) is 2. The number of carbonyl (C=O) groups is 1. The van der Waals surface area contributed by atoms with Crippen molar-refractivity contribution < 1.29 is 4.79 Å². The first-order valence-corrected chi connectivity index (χ1v) is 6.56. The van der Waals surface area contributed by atoms with Gasteiger partial charge in [-0.1, -0.05) is 6.07 Å². The molecule has 0 aliphatic heterocycles. The summed E-state index contributed by atoms with van der Waals surface area (Å²) in [7, 11) is 0. The molecule has 2 aromatic rings. The molecule has 4 nitrogen and oxygen atoms in total. The summed E-state index contributed by atoms with van der Waals surface area (Å²) in [6.45, 7) is 1.86. The zero-order valence-electron chi connectivity index (χ0n) is 9.03. The van der Waals surface area contributed by atoms with Gasteiger partial charge in [0, 0.05) is 15.5 Å². The molecule has 0 fully saturated rings. The Morgan fingerprint density at radius 1 is 1.59 bits per heavy atom. The zero-order chi connectivity index (χ0) is 12.3. The number of aromatic amines is 1. The molecule has 0 unspecified atom stereocenters. The van der Waals surface area contributed by atoms with Crippen LogP contribution in [0.25, 0.3) is 0 Å². The van der Waals surface area contributed by atoms with Crippen LogP contribution in [0.15, 0.2) is 39.4 Å². The van der Waals surface area contributed by atoms with Crippen molar-refractivity contribution >= 4 is 38.9 Å². The first kappa shape index (κ1) is 12.1. The largest absolute Gasteiger partial charge is 0.356 e. The Bertz CT molecular complexity index is 545. The molecule has 1 amide bonds. The third-order valence-corrected chi connectivity index (χ3v) is 3.53. The maximum absolute atomic E-state index is 11.7. The highest BCUT2D eigenvalue weighted by atomic mass is 79.9. The van der Waals surface area contributed by atoms with E-state index in [0.29, 0.717) is 5.69 Å². The molecule has 0 saturated carbocycles. The molecule has 0 aliphatic rings. The van der Waals surface area contributed by atoms with Gasteiger partial charge in [0.05, 0.1) is 5.71 Å². The highest BCUT2D eigenvalue weighted by molar-refractivity contribution is 9.10. The van der Waals surface area contributed by atoms with Gasteiger partial charge in [0.1, 0.15) is 5.69 Å². The fraction of sp³-hybridized carbons (Fsp3) is 0.0909. The third-order valence-electron chi connectivity index (χ3n) is 2.10. The first-order chi connectivity index (χ1) is 8.16. The van der Waals surface area contributed by atoms with E-state index in [1.807, 2.05) is 24.4 Å². The van der Waals surface area contributed by atoms with Crippen molar-refractivity contribution in [1.29, 1.82) is 0 Å². The van der Waals surface area contributed by atoms with Gasteiger partial charge in [0.2, 0.25) is 0 Å². The van der Waals surface area contributed by atoms with Crippen molar-refractivity contribution in [3.05, 3.63) is 44.8 Å². The quantitative estimate of drug-likeness (QED) is 0.664. The Morgan fingerprint density at radius 3 is 3.00 bits per heavy atom. The van der Waals surface area contributed by atoms with Crippen molar-refractivity contribution in [1.82, 2.24) is 10.4 Å². The molecule has 88 valence electrons. The Labute approximate surface area is 111 Å². The van der Waals surface area contributed by atoms with E-state index < -0.39 is 0 Å². The summed E-state index contributed by atoms with van der Waals surface area (Å²) in [5, 5.41) is 6.01. The van der Waals surface area contributed by atoms with E-state index in [-0.39, 0.29) is 5.91 Å². The number of nitrogens with zero attached hydrogens (tertiary/aromatic N) is 1. The zero-order valence-corrected chi connectivity index (χ0v) is 11.4. The molecule has 0 radical (unpaired) electrons. The van der Waals surface area contributed by atoms with E-state index in [4.69, 9.17) is 0 Å². The second kappa shape index (κ2) is 5.29. The van der Waals surface area contributed by atoms with Crippen LogP contribution in [0.3, 0.4) is 0 Å². The van der Waals surface area contributed by atoms with Crippen molar-refractivity contribution in [2.24, 2.45) is 5.10 Å². The van der Waals surface area contributed by atoms with Crippen LogP contribution >= 0.6 is 27.3 Å². The molecule has 0 bridgehead atoms. The van der Waals surface area contributed by atoms with Crippen LogP contribution in [0.4, 0.5) is 0 Å². The average molecular weight is 312 g/mol. The van der Waals surface area contributed by atoms with Crippen LogP contribution in [0, 0.1) is 0 Å². The highest BCUT2D eigenvalue weighted by Crippen LogP contribution is 2.11. The molecule has 0 aliphatic carbocycles. The summed E-state index contributed by atoms with van der Waals surface area (Å²) < 4.78 is 0.835. The number of hydrazone groups is 1. The lowest BCUT2D eigenvalue weighted by Gasteiger charge is -1.98. The SMILES string of the molecule is C/C(=N/NC(=O)c1cc(Br)c[nH]1)c1cccs1. The van der Waals surface area contributed by atoms with Gasteiger partial charge in [-0.25, -0.2) is 5.43 Å². The van der Waals surface area contributed by atoms with E-state index in [1.165, 1.54) is 0 Å². The summed E-state index contributed by atoms with van der Waals surface area (Å²) in [4.78, 5) is 15.5. The molecule has 2 N–H and O–H groups in total. The number of rotatable bonds is 3. The lowest BCUT2D eigenvalue weighted by Crippen LogP contribution is -2.19. The number of hydrogen-bond donors (Lipinski definition) is 2. The molecule has 2 rings (SSSR count). The number of amides is 1. The molecule has 0 spiro atoms. The number of H-pyrrole nitrogens is 1. The Balaban J connectivity index is 2.03. The van der Waals surface area contributed by atoms with E-state index in [2.05, 4.69) is 31.4 Å². The summed E-state index contributed by atoms with van der Waals surface area (Å²) in [5.74, 6) is -0.258. The predicted molar refractivity (Wildman–Crippen MR) is 72.5 cm³/mol. The Hall–Kier alpha value is -1.40. The van der Waals surface area contributed by atoms with E-state index >= 15 is 0 Å². The average Bonchev–Trinajstić information content (AvgIpc) is 2.95. The molecule has 2 aromatic heterocycles. The lowest BCUT2D eigenvalue weighted by atomic mass is 10.3. The minimum absolute atomic E-state index is 0.258. The number of thiophene rings is 1. The molecular weight excluding hydrogens is 302 g/mol. The first-order valence-electron chi connectivity index (χ1n) is 4.89. The lowest BCUT2D eigenvalue weighted by molar-refractivity contribution is 0.0950. The molecule has 0 aromatic carbocycles. The van der Waals surface area contributed by atoms with Gasteiger partial charge >= 0.3 is 0 Å². The van der Waals surface area contributed by atoms with Crippen LogP contribution in [0.2, 0.25) is 0 Å². The highest BCUT2D eigenvalue weighted by Gasteiger charge is 2.07. The van der Waals surface area contributed by atoms with Crippen molar-refractivity contribution in [3.8, 4) is 0 Å². The monoisotopic (exact) mass is 311 g/mol. The van der Waals surface area contributed by atoms with Crippen molar-refractivity contribution in [3.63, 3.8) is 0 Å². The number of aromatic nitrogens is 1. The normalized spacial score (nSPS) is 11.5. The second-order valence-electron chi connectivity index (χ2n) is 3.35. The van der Waals surface area contributed by atoms with Crippen molar-refractivity contribution in [2.45, 2.75) is 6.92 Å². The predicted octanol–water partition coefficient (Wildman–Crippen LogP) is 2.99. The third kappa shape index (κ3) is 3.04. The van der Waals surface area contributed by atoms with Crippen LogP contribution < -0.4 is 5.43 Å². The molecule has 2 heterocycles. The summed E-state index contributed by atoms with van der Waals surface area (Å²) in [5.41, 5.74) is 3.77. The minimum atomic E-state index is -0.258. The Kier molecular flexibility index (Phi) is 3.75. The molecule has 6 heteroatoms. The van der Waals surface area contributed by atoms with Crippen LogP contribution in [0.1, 0.15) is 22.3 Å². The molecule has 17 heavy (non-hydrogen) atoms. The molecule has 0 atom stereocenters. The van der Waals surface area contributed by atoms with E-state index in [0.717, 1.165) is 15.1 Å². The molecular formula is C11H10BrN3OS. The Morgan fingerprint density at radius 2 is 2.41 bits per heavy atom. The summed E-state index contributed by atoms with van der Waals surface area (Å²) in [6.07, 6.45) is 1.70. The smallest absolute Gasteiger partial charge is 0.287 e. The van der Waals surface area contributed by atoms with Gasteiger partial charge in [0.25, 0.3) is 5.91 Å². The fourth-order valence-corrected chi connectivity index (χ4v) is 2.25. The number of halogens is 1. The van der Waals surface area contributed by atoms with Crippen molar-refractivity contribution in [2.75, 3.05) is 0 Å². The maximum atomic E-state index is 11.7. The standard InChI is InChI=1S/C11H10BrN3OS/c1-7(10-3-2-4-17-10)14-15-11(16)9-5-8(12)6-13-9/h2-6,13H,1H3,(H,15,16)/b14-7-. The van der Waals surface area contributed by atoms with Crippen LogP contribution in [-0.4, -0.2) is 16.6 Å². The van der Waals surface area contributed by atoms with Gasteiger partial charge < -0.3 is 4.98 Å². The van der Waals surface area contributed by atoms with Crippen LogP contribution in [-0.2, 0) is 0 Å². The minimum Gasteiger partial charge on any atom is -0.356 e. The molecule has 0 saturated heterocycles. The number of hydrogen-bond acceptors (Lipinski definition) is 3. The van der Waals surface area contributed by atoms with Gasteiger partial charge in [-0.3, -0.25) is 4.79 Å². The van der Waals surface area contributed by atoms with Gasteiger partial charge in [-0.15, -0.1) is 11.3 Å². The van der Waals surface area contributed by atoms with Gasteiger partial charge in [-0.05, 0) is 40.4 Å².